The number of esters is 1. The van der Waals surface area contributed by atoms with Gasteiger partial charge in [-0.15, -0.1) is 0 Å². The van der Waals surface area contributed by atoms with Crippen molar-refractivity contribution >= 4 is 40.1 Å². The van der Waals surface area contributed by atoms with Gasteiger partial charge in [-0.25, -0.2) is 9.78 Å². The van der Waals surface area contributed by atoms with Crippen molar-refractivity contribution < 1.29 is 28.5 Å². The summed E-state index contributed by atoms with van der Waals surface area (Å²) in [6.45, 7) is -0.449. The van der Waals surface area contributed by atoms with Crippen LogP contribution in [0.3, 0.4) is 0 Å². The van der Waals surface area contributed by atoms with Gasteiger partial charge in [0.1, 0.15) is 11.5 Å². The highest BCUT2D eigenvalue weighted by Crippen LogP contribution is 2.38. The zero-order valence-electron chi connectivity index (χ0n) is 24.3. The average Bonchev–Trinajstić information content (AvgIpc) is 3.44. The van der Waals surface area contributed by atoms with Crippen molar-refractivity contribution in [3.8, 4) is 23.0 Å². The Labute approximate surface area is 254 Å². The van der Waals surface area contributed by atoms with Gasteiger partial charge in [-0.3, -0.25) is 4.79 Å². The number of nitrogens with one attached hydrogen (secondary N) is 1. The van der Waals surface area contributed by atoms with Crippen LogP contribution in [0.4, 0.5) is 5.69 Å². The molecule has 6 rings (SSSR count). The van der Waals surface area contributed by atoms with Gasteiger partial charge in [0.2, 0.25) is 0 Å². The van der Waals surface area contributed by atoms with E-state index in [1.807, 2.05) is 78.9 Å². The van der Waals surface area contributed by atoms with Crippen molar-refractivity contribution in [3.05, 3.63) is 119 Å². The number of allylic oxidation sites excluding steroid dienone is 1. The highest BCUT2D eigenvalue weighted by molar-refractivity contribution is 6.08. The maximum Gasteiger partial charge on any atom is 0.339 e. The van der Waals surface area contributed by atoms with Gasteiger partial charge < -0.3 is 24.3 Å². The first kappa shape index (κ1) is 28.5. The number of para-hydroxylation sites is 2. The van der Waals surface area contributed by atoms with E-state index in [-0.39, 0.29) is 0 Å². The minimum absolute atomic E-state index is 0.439. The SMILES string of the molecule is COc1ccc(NC(=O)COC(=O)c2c3c(nc4ccccc24)/C(=C\c2cccc(Oc4ccccc4)c2)CC3)cc1OC. The van der Waals surface area contributed by atoms with Crippen molar-refractivity contribution in [2.45, 2.75) is 12.8 Å². The van der Waals surface area contributed by atoms with Crippen LogP contribution in [0, 0.1) is 0 Å². The maximum atomic E-state index is 13.5. The number of fused-ring (bicyclic) bond motifs is 2. The molecule has 0 saturated heterocycles. The molecule has 0 bridgehead atoms. The van der Waals surface area contributed by atoms with Crippen LogP contribution in [0.1, 0.15) is 33.6 Å². The minimum Gasteiger partial charge on any atom is -0.493 e. The number of hydrogen-bond acceptors (Lipinski definition) is 7. The molecule has 0 fully saturated rings. The van der Waals surface area contributed by atoms with Gasteiger partial charge in [0.25, 0.3) is 5.91 Å². The summed E-state index contributed by atoms with van der Waals surface area (Å²) in [5, 5.41) is 3.43. The number of amides is 1. The fourth-order valence-electron chi connectivity index (χ4n) is 5.32. The molecule has 1 N–H and O–H groups in total. The van der Waals surface area contributed by atoms with Crippen molar-refractivity contribution in [1.82, 2.24) is 4.98 Å². The maximum absolute atomic E-state index is 13.5. The Morgan fingerprint density at radius 1 is 0.818 bits per heavy atom. The van der Waals surface area contributed by atoms with Gasteiger partial charge in [0.15, 0.2) is 18.1 Å². The lowest BCUT2D eigenvalue weighted by Gasteiger charge is -2.13. The zero-order valence-corrected chi connectivity index (χ0v) is 24.3. The molecule has 0 saturated carbocycles. The number of methoxy groups -OCH3 is 2. The van der Waals surface area contributed by atoms with Crippen molar-refractivity contribution in [3.63, 3.8) is 0 Å². The third-order valence-electron chi connectivity index (χ3n) is 7.33. The highest BCUT2D eigenvalue weighted by atomic mass is 16.5. The smallest absolute Gasteiger partial charge is 0.339 e. The molecular weight excluding hydrogens is 556 g/mol. The molecule has 44 heavy (non-hydrogen) atoms. The van der Waals surface area contributed by atoms with E-state index in [1.165, 1.54) is 14.2 Å². The number of ether oxygens (including phenoxy) is 4. The number of hydrogen-bond donors (Lipinski definition) is 1. The van der Waals surface area contributed by atoms with E-state index < -0.39 is 18.5 Å². The molecule has 220 valence electrons. The fourth-order valence-corrected chi connectivity index (χ4v) is 5.32. The molecule has 0 aliphatic heterocycles. The second-order valence-corrected chi connectivity index (χ2v) is 10.2. The van der Waals surface area contributed by atoms with Crippen molar-refractivity contribution in [2.24, 2.45) is 0 Å². The molecule has 1 aliphatic rings. The van der Waals surface area contributed by atoms with Crippen LogP contribution < -0.4 is 19.5 Å². The molecule has 0 radical (unpaired) electrons. The Morgan fingerprint density at radius 3 is 2.41 bits per heavy atom. The van der Waals surface area contributed by atoms with Gasteiger partial charge >= 0.3 is 5.97 Å². The number of aromatic nitrogens is 1. The van der Waals surface area contributed by atoms with Crippen LogP contribution in [0.25, 0.3) is 22.6 Å². The van der Waals surface area contributed by atoms with Gasteiger partial charge in [-0.1, -0.05) is 48.5 Å². The molecule has 1 aliphatic carbocycles. The second-order valence-electron chi connectivity index (χ2n) is 10.2. The largest absolute Gasteiger partial charge is 0.493 e. The standard InChI is InChI=1S/C36H30N2O6/c1-41-31-18-16-25(21-32(31)42-2)37-33(39)22-43-36(40)34-28-13-6-7-14-30(28)38-35-24(15-17-29(34)35)19-23-9-8-12-27(20-23)44-26-10-4-3-5-11-26/h3-14,16,18-21H,15,17,22H2,1-2H3,(H,37,39)/b24-19-. The Kier molecular flexibility index (Phi) is 8.23. The summed E-state index contributed by atoms with van der Waals surface area (Å²) in [6.07, 6.45) is 3.42. The van der Waals surface area contributed by atoms with Crippen LogP contribution in [0.2, 0.25) is 0 Å². The summed E-state index contributed by atoms with van der Waals surface area (Å²) in [5.41, 5.74) is 5.18. The molecule has 5 aromatic rings. The van der Waals surface area contributed by atoms with E-state index >= 15 is 0 Å². The van der Waals surface area contributed by atoms with E-state index in [2.05, 4.69) is 11.4 Å². The molecule has 1 aromatic heterocycles. The monoisotopic (exact) mass is 586 g/mol. The number of carbonyl (C=O) groups excluding carboxylic acids is 2. The van der Waals surface area contributed by atoms with Crippen molar-refractivity contribution in [1.29, 1.82) is 0 Å². The van der Waals surface area contributed by atoms with E-state index in [9.17, 15) is 9.59 Å². The number of carbonyl (C=O) groups is 2. The first-order valence-corrected chi connectivity index (χ1v) is 14.2. The normalized spacial score (nSPS) is 12.9. The Balaban J connectivity index is 1.23. The topological polar surface area (TPSA) is 96.0 Å². The van der Waals surface area contributed by atoms with Crippen LogP contribution in [0.15, 0.2) is 97.1 Å². The third kappa shape index (κ3) is 6.10. The number of anilines is 1. The van der Waals surface area contributed by atoms with Crippen LogP contribution in [0.5, 0.6) is 23.0 Å². The summed E-state index contributed by atoms with van der Waals surface area (Å²) < 4.78 is 22.1. The van der Waals surface area contributed by atoms with Gasteiger partial charge in [-0.05, 0) is 78.1 Å². The molecule has 0 spiro atoms. The number of rotatable bonds is 9. The lowest BCUT2D eigenvalue weighted by molar-refractivity contribution is -0.119. The van der Waals surface area contributed by atoms with Crippen LogP contribution in [-0.4, -0.2) is 37.7 Å². The predicted molar refractivity (Wildman–Crippen MR) is 169 cm³/mol. The van der Waals surface area contributed by atoms with E-state index in [0.717, 1.165) is 33.9 Å². The zero-order chi connectivity index (χ0) is 30.5. The summed E-state index contributed by atoms with van der Waals surface area (Å²) in [5.74, 6) is 1.46. The van der Waals surface area contributed by atoms with Crippen LogP contribution in [-0.2, 0) is 16.0 Å². The molecule has 8 heteroatoms. The first-order chi connectivity index (χ1) is 21.5. The van der Waals surface area contributed by atoms with Crippen LogP contribution >= 0.6 is 0 Å². The summed E-state index contributed by atoms with van der Waals surface area (Å²) in [4.78, 5) is 31.2. The van der Waals surface area contributed by atoms with Gasteiger partial charge in [0.05, 0.1) is 31.0 Å². The lowest BCUT2D eigenvalue weighted by Crippen LogP contribution is -2.21. The molecule has 0 unspecified atom stereocenters. The number of pyridine rings is 1. The molecule has 4 aromatic carbocycles. The van der Waals surface area contributed by atoms with E-state index in [4.69, 9.17) is 23.9 Å². The Morgan fingerprint density at radius 2 is 1.59 bits per heavy atom. The Hall–Kier alpha value is -5.63. The minimum atomic E-state index is -0.568. The van der Waals surface area contributed by atoms with Gasteiger partial charge in [-0.2, -0.15) is 0 Å². The van der Waals surface area contributed by atoms with Gasteiger partial charge in [0, 0.05) is 17.1 Å². The molecule has 8 nitrogen and oxygen atoms in total. The number of benzene rings is 4. The molecular formula is C36H30N2O6. The van der Waals surface area contributed by atoms with Crippen molar-refractivity contribution in [2.75, 3.05) is 26.1 Å². The molecule has 0 atom stereocenters. The fraction of sp³-hybridized carbons (Fsp3) is 0.139. The summed E-state index contributed by atoms with van der Waals surface area (Å²) >= 11 is 0. The van der Waals surface area contributed by atoms with E-state index in [0.29, 0.717) is 46.5 Å². The van der Waals surface area contributed by atoms with E-state index in [1.54, 1.807) is 18.2 Å². The number of nitrogens with zero attached hydrogens (tertiary/aromatic N) is 1. The second kappa shape index (κ2) is 12.7. The molecule has 1 amide bonds. The Bertz CT molecular complexity index is 1880. The predicted octanol–water partition coefficient (Wildman–Crippen LogP) is 7.33. The molecule has 1 heterocycles. The summed E-state index contributed by atoms with van der Waals surface area (Å²) in [7, 11) is 3.05. The highest BCUT2D eigenvalue weighted by Gasteiger charge is 2.28. The first-order valence-electron chi connectivity index (χ1n) is 14.2. The third-order valence-corrected chi connectivity index (χ3v) is 7.33. The average molecular weight is 587 g/mol. The lowest BCUT2D eigenvalue weighted by atomic mass is 10.0. The summed E-state index contributed by atoms with van der Waals surface area (Å²) in [6, 6.07) is 30.0. The quantitative estimate of drug-likeness (QED) is 0.181.